The van der Waals surface area contributed by atoms with E-state index in [9.17, 15) is 4.79 Å². The van der Waals surface area contributed by atoms with Crippen LogP contribution in [0.2, 0.25) is 0 Å². The molecule has 6 heteroatoms. The van der Waals surface area contributed by atoms with Crippen LogP contribution in [0.4, 0.5) is 0 Å². The second-order valence-electron chi connectivity index (χ2n) is 6.59. The van der Waals surface area contributed by atoms with Gasteiger partial charge in [0.25, 0.3) is 5.91 Å². The topological polar surface area (TPSA) is 72.3 Å². The van der Waals surface area contributed by atoms with Crippen molar-refractivity contribution in [1.82, 2.24) is 5.32 Å². The van der Waals surface area contributed by atoms with Crippen molar-refractivity contribution in [3.05, 3.63) is 70.8 Å². The molecule has 0 aromatic heterocycles. The van der Waals surface area contributed by atoms with Crippen LogP contribution in [-0.2, 0) is 21.1 Å². The van der Waals surface area contributed by atoms with Crippen LogP contribution in [0.25, 0.3) is 0 Å². The molecular formula is C22H27N3O3. The van der Waals surface area contributed by atoms with Crippen molar-refractivity contribution in [2.75, 3.05) is 14.2 Å². The summed E-state index contributed by atoms with van der Waals surface area (Å²) in [5.41, 5.74) is 4.68. The Morgan fingerprint density at radius 3 is 2.54 bits per heavy atom. The third kappa shape index (κ3) is 5.42. The third-order valence-corrected chi connectivity index (χ3v) is 4.29. The van der Waals surface area contributed by atoms with E-state index >= 15 is 0 Å². The lowest BCUT2D eigenvalue weighted by atomic mass is 9.99. The van der Waals surface area contributed by atoms with Gasteiger partial charge in [-0.2, -0.15) is 0 Å². The van der Waals surface area contributed by atoms with Crippen molar-refractivity contribution in [2.45, 2.75) is 33.3 Å². The average molecular weight is 381 g/mol. The first-order valence-corrected chi connectivity index (χ1v) is 9.16. The second-order valence-corrected chi connectivity index (χ2v) is 6.59. The molecule has 0 heterocycles. The number of nitrogens with zero attached hydrogens (tertiary/aromatic N) is 2. The number of hydrogen-bond acceptors (Lipinski definition) is 5. The molecule has 0 radical (unpaired) electrons. The maximum atomic E-state index is 12.1. The zero-order valence-electron chi connectivity index (χ0n) is 17.0. The van der Waals surface area contributed by atoms with Gasteiger partial charge >= 0.3 is 0 Å². The summed E-state index contributed by atoms with van der Waals surface area (Å²) in [6.45, 7) is 6.43. The number of carbonyl (C=O) groups excluding carboxylic acids is 1. The van der Waals surface area contributed by atoms with Crippen molar-refractivity contribution >= 4 is 17.3 Å². The fourth-order valence-corrected chi connectivity index (χ4v) is 2.67. The molecule has 0 fully saturated rings. The van der Waals surface area contributed by atoms with Gasteiger partial charge in [-0.05, 0) is 30.0 Å². The molecule has 1 amide bonds. The van der Waals surface area contributed by atoms with E-state index in [0.29, 0.717) is 11.5 Å². The molecule has 2 rings (SSSR count). The first-order chi connectivity index (χ1) is 13.5. The highest BCUT2D eigenvalue weighted by molar-refractivity contribution is 6.45. The monoisotopic (exact) mass is 381 g/mol. The molecule has 0 aliphatic carbocycles. The molecule has 0 saturated carbocycles. The standard InChI is InChI=1S/C22H27N3O3/c1-15(2)17-10-8-11-18(13-17)16(3)24-28-14-19-9-6-7-12-20(19)21(25-27-5)22(26)23-4/h6-13,15H,14H2,1-5H3,(H,23,26)/b24-16+,25-21+. The number of rotatable bonds is 8. The second kappa shape index (κ2) is 10.3. The smallest absolute Gasteiger partial charge is 0.273 e. The molecule has 0 atom stereocenters. The fourth-order valence-electron chi connectivity index (χ4n) is 2.67. The molecule has 6 nitrogen and oxygen atoms in total. The Balaban J connectivity index is 2.19. The van der Waals surface area contributed by atoms with Gasteiger partial charge in [0.05, 0.1) is 5.71 Å². The lowest BCUT2D eigenvalue weighted by molar-refractivity contribution is -0.114. The normalized spacial score (nSPS) is 12.1. The lowest BCUT2D eigenvalue weighted by Gasteiger charge is -2.11. The molecule has 0 aliphatic rings. The fraction of sp³-hybridized carbons (Fsp3) is 0.318. The Hall–Kier alpha value is -3.15. The van der Waals surface area contributed by atoms with Crippen LogP contribution >= 0.6 is 0 Å². The van der Waals surface area contributed by atoms with E-state index in [-0.39, 0.29) is 18.2 Å². The minimum Gasteiger partial charge on any atom is -0.398 e. The first kappa shape index (κ1) is 21.2. The number of carbonyl (C=O) groups is 1. The summed E-state index contributed by atoms with van der Waals surface area (Å²) in [5.74, 6) is 0.114. The van der Waals surface area contributed by atoms with E-state index in [1.165, 1.54) is 12.7 Å². The number of benzene rings is 2. The summed E-state index contributed by atoms with van der Waals surface area (Å²) in [7, 11) is 2.95. The average Bonchev–Trinajstić information content (AvgIpc) is 2.72. The van der Waals surface area contributed by atoms with Crippen molar-refractivity contribution in [2.24, 2.45) is 10.3 Å². The van der Waals surface area contributed by atoms with Crippen LogP contribution in [0.1, 0.15) is 48.9 Å². The summed E-state index contributed by atoms with van der Waals surface area (Å²) in [6.07, 6.45) is 0. The van der Waals surface area contributed by atoms with Gasteiger partial charge in [0, 0.05) is 18.2 Å². The van der Waals surface area contributed by atoms with E-state index in [1.807, 2.05) is 37.3 Å². The molecule has 0 spiro atoms. The Kier molecular flexibility index (Phi) is 7.75. The zero-order chi connectivity index (χ0) is 20.5. The Morgan fingerprint density at radius 1 is 1.11 bits per heavy atom. The molecule has 0 unspecified atom stereocenters. The predicted molar refractivity (Wildman–Crippen MR) is 112 cm³/mol. The number of likely N-dealkylation sites (N-methyl/N-ethyl adjacent to an activating group) is 1. The number of nitrogens with one attached hydrogen (secondary N) is 1. The van der Waals surface area contributed by atoms with E-state index in [1.54, 1.807) is 13.1 Å². The van der Waals surface area contributed by atoms with Gasteiger partial charge in [-0.3, -0.25) is 4.79 Å². The summed E-state index contributed by atoms with van der Waals surface area (Å²) >= 11 is 0. The molecule has 2 aromatic rings. The molecular weight excluding hydrogens is 354 g/mol. The zero-order valence-corrected chi connectivity index (χ0v) is 17.0. The van der Waals surface area contributed by atoms with E-state index in [4.69, 9.17) is 9.68 Å². The SMILES string of the molecule is CNC(=O)/C(=N/OC)c1ccccc1CO/N=C(\C)c1cccc(C(C)C)c1. The van der Waals surface area contributed by atoms with E-state index in [0.717, 1.165) is 16.8 Å². The summed E-state index contributed by atoms with van der Waals surface area (Å²) < 4.78 is 0. The lowest BCUT2D eigenvalue weighted by Crippen LogP contribution is -2.29. The summed E-state index contributed by atoms with van der Waals surface area (Å²) in [6, 6.07) is 15.6. The van der Waals surface area contributed by atoms with Crippen LogP contribution in [-0.4, -0.2) is 31.5 Å². The maximum Gasteiger partial charge on any atom is 0.273 e. The van der Waals surface area contributed by atoms with Crippen LogP contribution in [0.3, 0.4) is 0 Å². The number of oxime groups is 2. The third-order valence-electron chi connectivity index (χ3n) is 4.29. The largest absolute Gasteiger partial charge is 0.398 e. The van der Waals surface area contributed by atoms with Crippen LogP contribution < -0.4 is 5.32 Å². The molecule has 0 saturated heterocycles. The van der Waals surface area contributed by atoms with Gasteiger partial charge in [0.15, 0.2) is 5.71 Å². The Labute approximate surface area is 166 Å². The Morgan fingerprint density at radius 2 is 1.86 bits per heavy atom. The highest BCUT2D eigenvalue weighted by atomic mass is 16.6. The quantitative estimate of drug-likeness (QED) is 0.558. The summed E-state index contributed by atoms with van der Waals surface area (Å²) in [5, 5.41) is 10.7. The highest BCUT2D eigenvalue weighted by Gasteiger charge is 2.17. The van der Waals surface area contributed by atoms with Crippen LogP contribution in [0.15, 0.2) is 58.8 Å². The van der Waals surface area contributed by atoms with Crippen LogP contribution in [0, 0.1) is 0 Å². The van der Waals surface area contributed by atoms with Gasteiger partial charge in [-0.1, -0.05) is 66.6 Å². The van der Waals surface area contributed by atoms with Crippen molar-refractivity contribution < 1.29 is 14.5 Å². The van der Waals surface area contributed by atoms with Crippen molar-refractivity contribution in [3.63, 3.8) is 0 Å². The minimum atomic E-state index is -0.334. The Bertz CT molecular complexity index is 873. The van der Waals surface area contributed by atoms with Gasteiger partial charge in [-0.25, -0.2) is 0 Å². The molecule has 28 heavy (non-hydrogen) atoms. The molecule has 0 bridgehead atoms. The van der Waals surface area contributed by atoms with Crippen LogP contribution in [0.5, 0.6) is 0 Å². The first-order valence-electron chi connectivity index (χ1n) is 9.16. The molecule has 2 aromatic carbocycles. The van der Waals surface area contributed by atoms with Gasteiger partial charge in [0.1, 0.15) is 13.7 Å². The van der Waals surface area contributed by atoms with E-state index < -0.39 is 0 Å². The maximum absolute atomic E-state index is 12.1. The van der Waals surface area contributed by atoms with Crippen molar-refractivity contribution in [1.29, 1.82) is 0 Å². The number of amides is 1. The molecule has 1 N–H and O–H groups in total. The van der Waals surface area contributed by atoms with Gasteiger partial charge < -0.3 is 15.0 Å². The predicted octanol–water partition coefficient (Wildman–Crippen LogP) is 3.85. The molecule has 0 aliphatic heterocycles. The van der Waals surface area contributed by atoms with Gasteiger partial charge in [0.2, 0.25) is 0 Å². The summed E-state index contributed by atoms with van der Waals surface area (Å²) in [4.78, 5) is 22.5. The van der Waals surface area contributed by atoms with E-state index in [2.05, 4.69) is 41.6 Å². The number of hydrogen-bond donors (Lipinski definition) is 1. The van der Waals surface area contributed by atoms with Crippen molar-refractivity contribution in [3.8, 4) is 0 Å². The van der Waals surface area contributed by atoms with Gasteiger partial charge in [-0.15, -0.1) is 0 Å². The molecule has 148 valence electrons. The minimum absolute atomic E-state index is 0.189. The highest BCUT2D eigenvalue weighted by Crippen LogP contribution is 2.17.